The summed E-state index contributed by atoms with van der Waals surface area (Å²) in [6.45, 7) is 0. The van der Waals surface area contributed by atoms with Crippen molar-refractivity contribution >= 4 is 27.1 Å². The zero-order valence-electron chi connectivity index (χ0n) is 12.4. The fourth-order valence-corrected chi connectivity index (χ4v) is 2.76. The first kappa shape index (κ1) is 19.0. The van der Waals surface area contributed by atoms with Gasteiger partial charge in [-0.05, 0) is 24.3 Å². The highest BCUT2D eigenvalue weighted by molar-refractivity contribution is 7.90. The second kappa shape index (κ2) is 6.52. The highest BCUT2D eigenvalue weighted by atomic mass is 35.5. The fourth-order valence-electron chi connectivity index (χ4n) is 1.87. The largest absolute Gasteiger partial charge is 0.450 e. The van der Waals surface area contributed by atoms with Crippen LogP contribution in [0.25, 0.3) is 0 Å². The third kappa shape index (κ3) is 4.40. The first-order valence-electron chi connectivity index (χ1n) is 6.42. The minimum absolute atomic E-state index is 0.00803. The Labute approximate surface area is 144 Å². The van der Waals surface area contributed by atoms with Crippen LogP contribution in [0.2, 0.25) is 5.02 Å². The van der Waals surface area contributed by atoms with E-state index in [1.165, 1.54) is 24.3 Å². The standard InChI is InChI=1S/C14H9ClF3NO5S/c1-25(22,23)9-4-2-8(3-5-9)24-13-7-11(15)10(14(16,17)18)6-12(13)19(20)21/h2-7H,1H3. The normalized spacial score (nSPS) is 12.0. The number of nitrogens with zero attached hydrogens (tertiary/aromatic N) is 1. The maximum atomic E-state index is 12.8. The molecule has 11 heteroatoms. The van der Waals surface area contributed by atoms with E-state index in [0.717, 1.165) is 6.26 Å². The van der Waals surface area contributed by atoms with Crippen LogP contribution in [-0.2, 0) is 16.0 Å². The van der Waals surface area contributed by atoms with Gasteiger partial charge in [-0.25, -0.2) is 8.42 Å². The van der Waals surface area contributed by atoms with Crippen LogP contribution in [0.4, 0.5) is 18.9 Å². The molecule has 25 heavy (non-hydrogen) atoms. The van der Waals surface area contributed by atoms with Crippen LogP contribution in [-0.4, -0.2) is 19.6 Å². The van der Waals surface area contributed by atoms with Crippen LogP contribution in [0.3, 0.4) is 0 Å². The summed E-state index contributed by atoms with van der Waals surface area (Å²) in [4.78, 5) is 9.97. The lowest BCUT2D eigenvalue weighted by molar-refractivity contribution is -0.385. The van der Waals surface area contributed by atoms with E-state index >= 15 is 0 Å². The topological polar surface area (TPSA) is 86.5 Å². The fraction of sp³-hybridized carbons (Fsp3) is 0.143. The smallest absolute Gasteiger partial charge is 0.418 e. The van der Waals surface area contributed by atoms with Gasteiger partial charge >= 0.3 is 11.9 Å². The predicted molar refractivity (Wildman–Crippen MR) is 82.7 cm³/mol. The van der Waals surface area contributed by atoms with Gasteiger partial charge in [0.2, 0.25) is 5.75 Å². The Morgan fingerprint density at radius 3 is 2.16 bits per heavy atom. The molecule has 0 N–H and O–H groups in total. The number of rotatable bonds is 4. The van der Waals surface area contributed by atoms with Crippen molar-refractivity contribution in [1.82, 2.24) is 0 Å². The zero-order chi connectivity index (χ0) is 19.0. The van der Waals surface area contributed by atoms with Crippen LogP contribution in [0.5, 0.6) is 11.5 Å². The monoisotopic (exact) mass is 395 g/mol. The lowest BCUT2D eigenvalue weighted by Gasteiger charge is -2.12. The van der Waals surface area contributed by atoms with Crippen LogP contribution in [0, 0.1) is 10.1 Å². The molecule has 0 aliphatic rings. The van der Waals surface area contributed by atoms with Crippen molar-refractivity contribution in [2.24, 2.45) is 0 Å². The van der Waals surface area contributed by atoms with Crippen LogP contribution in [0.1, 0.15) is 5.56 Å². The van der Waals surface area contributed by atoms with Crippen LogP contribution in [0.15, 0.2) is 41.3 Å². The minimum atomic E-state index is -4.86. The summed E-state index contributed by atoms with van der Waals surface area (Å²) >= 11 is 5.54. The number of benzene rings is 2. The molecule has 0 aliphatic carbocycles. The predicted octanol–water partition coefficient (Wildman–Crippen LogP) is 4.46. The molecule has 0 bridgehead atoms. The number of alkyl halides is 3. The Balaban J connectivity index is 2.46. The second-order valence-electron chi connectivity index (χ2n) is 4.90. The average molecular weight is 396 g/mol. The highest BCUT2D eigenvalue weighted by Crippen LogP contribution is 2.42. The van der Waals surface area contributed by atoms with Gasteiger partial charge in [-0.1, -0.05) is 11.6 Å². The van der Waals surface area contributed by atoms with Crippen molar-refractivity contribution in [2.45, 2.75) is 11.1 Å². The van der Waals surface area contributed by atoms with Gasteiger partial charge in [0.05, 0.1) is 20.4 Å². The molecule has 0 fully saturated rings. The van der Waals surface area contributed by atoms with Crippen molar-refractivity contribution < 1.29 is 31.2 Å². The summed E-state index contributed by atoms with van der Waals surface area (Å²) in [7, 11) is -3.45. The first-order valence-corrected chi connectivity index (χ1v) is 8.69. The summed E-state index contributed by atoms with van der Waals surface area (Å²) in [5, 5.41) is 10.3. The van der Waals surface area contributed by atoms with E-state index in [-0.39, 0.29) is 16.7 Å². The molecule has 0 saturated carbocycles. The van der Waals surface area contributed by atoms with Gasteiger partial charge in [0.1, 0.15) is 5.75 Å². The Bertz CT molecular complexity index is 927. The Morgan fingerprint density at radius 1 is 1.16 bits per heavy atom. The molecule has 0 aromatic heterocycles. The molecule has 0 atom stereocenters. The summed E-state index contributed by atoms with van der Waals surface area (Å²) in [5.74, 6) is -0.513. The molecule has 134 valence electrons. The zero-order valence-corrected chi connectivity index (χ0v) is 13.9. The third-order valence-corrected chi connectivity index (χ3v) is 4.47. The van der Waals surface area contributed by atoms with E-state index in [4.69, 9.17) is 16.3 Å². The number of sulfone groups is 1. The molecule has 2 rings (SSSR count). The van der Waals surface area contributed by atoms with E-state index in [2.05, 4.69) is 0 Å². The molecule has 0 spiro atoms. The van der Waals surface area contributed by atoms with Gasteiger partial charge in [0, 0.05) is 18.4 Å². The summed E-state index contributed by atoms with van der Waals surface area (Å²) in [6, 6.07) is 5.79. The van der Waals surface area contributed by atoms with E-state index in [0.29, 0.717) is 6.07 Å². The van der Waals surface area contributed by atoms with Crippen LogP contribution >= 0.6 is 11.6 Å². The number of ether oxygens (including phenoxy) is 1. The van der Waals surface area contributed by atoms with E-state index in [1.54, 1.807) is 0 Å². The molecular formula is C14H9ClF3NO5S. The molecule has 0 heterocycles. The summed E-state index contributed by atoms with van der Waals surface area (Å²) < 4.78 is 66.3. The number of nitro benzene ring substituents is 1. The van der Waals surface area contributed by atoms with Crippen LogP contribution < -0.4 is 4.74 Å². The van der Waals surface area contributed by atoms with Gasteiger partial charge in [-0.2, -0.15) is 13.2 Å². The maximum Gasteiger partial charge on any atom is 0.418 e. The van der Waals surface area contributed by atoms with E-state index in [9.17, 15) is 31.7 Å². The van der Waals surface area contributed by atoms with Gasteiger partial charge in [0.15, 0.2) is 9.84 Å². The van der Waals surface area contributed by atoms with Crippen molar-refractivity contribution in [3.05, 3.63) is 57.1 Å². The molecule has 0 amide bonds. The third-order valence-electron chi connectivity index (χ3n) is 3.03. The lowest BCUT2D eigenvalue weighted by atomic mass is 10.1. The number of hydrogen-bond acceptors (Lipinski definition) is 5. The summed E-state index contributed by atoms with van der Waals surface area (Å²) in [6.07, 6.45) is -3.87. The average Bonchev–Trinajstić information content (AvgIpc) is 2.45. The quantitative estimate of drug-likeness (QED) is 0.563. The van der Waals surface area contributed by atoms with Crippen molar-refractivity contribution in [3.8, 4) is 11.5 Å². The Morgan fingerprint density at radius 2 is 1.72 bits per heavy atom. The van der Waals surface area contributed by atoms with E-state index < -0.39 is 43.0 Å². The number of halogens is 4. The van der Waals surface area contributed by atoms with Gasteiger partial charge in [-0.3, -0.25) is 10.1 Å². The van der Waals surface area contributed by atoms with Gasteiger partial charge in [-0.15, -0.1) is 0 Å². The molecule has 0 saturated heterocycles. The maximum absolute atomic E-state index is 12.8. The Hall–Kier alpha value is -2.33. The Kier molecular flexibility index (Phi) is 4.96. The van der Waals surface area contributed by atoms with Gasteiger partial charge in [0.25, 0.3) is 0 Å². The van der Waals surface area contributed by atoms with Crippen molar-refractivity contribution in [3.63, 3.8) is 0 Å². The number of hydrogen-bond donors (Lipinski definition) is 0. The molecule has 0 aliphatic heterocycles. The minimum Gasteiger partial charge on any atom is -0.450 e. The molecule has 0 unspecified atom stereocenters. The molecule has 2 aromatic carbocycles. The highest BCUT2D eigenvalue weighted by Gasteiger charge is 2.36. The second-order valence-corrected chi connectivity index (χ2v) is 7.32. The van der Waals surface area contributed by atoms with Crippen molar-refractivity contribution in [2.75, 3.05) is 6.26 Å². The first-order chi connectivity index (χ1) is 11.4. The number of nitro groups is 1. The molecular weight excluding hydrogens is 387 g/mol. The molecule has 0 radical (unpaired) electrons. The van der Waals surface area contributed by atoms with Gasteiger partial charge < -0.3 is 4.74 Å². The van der Waals surface area contributed by atoms with Crippen molar-refractivity contribution in [1.29, 1.82) is 0 Å². The molecule has 2 aromatic rings. The molecule has 6 nitrogen and oxygen atoms in total. The lowest BCUT2D eigenvalue weighted by Crippen LogP contribution is -2.07. The SMILES string of the molecule is CS(=O)(=O)c1ccc(Oc2cc(Cl)c(C(F)(F)F)cc2[N+](=O)[O-])cc1. The van der Waals surface area contributed by atoms with E-state index in [1.807, 2.05) is 0 Å². The summed E-state index contributed by atoms with van der Waals surface area (Å²) in [5.41, 5.74) is -2.29.